The molecule has 1 N–H and O–H groups in total. The van der Waals surface area contributed by atoms with Gasteiger partial charge in [0.2, 0.25) is 0 Å². The Labute approximate surface area is 91.6 Å². The summed E-state index contributed by atoms with van der Waals surface area (Å²) in [7, 11) is 1.48. The summed E-state index contributed by atoms with van der Waals surface area (Å²) in [6, 6.07) is 1.13. The molecule has 3 heteroatoms. The average molecular weight is 211 g/mol. The van der Waals surface area contributed by atoms with E-state index in [1.807, 2.05) is 0 Å². The van der Waals surface area contributed by atoms with Crippen molar-refractivity contribution >= 4 is 5.97 Å². The fraction of sp³-hybridized carbons (Fsp3) is 0.917. The number of carbonyl (C=O) groups is 1. The summed E-state index contributed by atoms with van der Waals surface area (Å²) in [6.45, 7) is 2.20. The predicted molar refractivity (Wildman–Crippen MR) is 58.5 cm³/mol. The van der Waals surface area contributed by atoms with Crippen LogP contribution in [0.2, 0.25) is 0 Å². The highest BCUT2D eigenvalue weighted by Gasteiger charge is 2.42. The maximum Gasteiger partial charge on any atom is 0.305 e. The summed E-state index contributed by atoms with van der Waals surface area (Å²) in [5, 5.41) is 3.63. The molecule has 2 fully saturated rings. The van der Waals surface area contributed by atoms with Crippen LogP contribution in [0.15, 0.2) is 0 Å². The topological polar surface area (TPSA) is 38.3 Å². The van der Waals surface area contributed by atoms with Crippen LogP contribution < -0.4 is 5.32 Å². The minimum atomic E-state index is -0.0557. The lowest BCUT2D eigenvalue weighted by Crippen LogP contribution is -2.31. The van der Waals surface area contributed by atoms with Crippen LogP contribution in [0.25, 0.3) is 0 Å². The minimum Gasteiger partial charge on any atom is -0.469 e. The molecular formula is C12H21NO2. The third-order valence-corrected chi connectivity index (χ3v) is 4.12. The molecule has 0 aromatic heterocycles. The molecular weight excluding hydrogens is 190 g/mol. The van der Waals surface area contributed by atoms with Gasteiger partial charge in [-0.2, -0.15) is 0 Å². The molecule has 1 saturated carbocycles. The van der Waals surface area contributed by atoms with Gasteiger partial charge in [0, 0.05) is 12.1 Å². The number of hydrogen-bond acceptors (Lipinski definition) is 3. The van der Waals surface area contributed by atoms with Gasteiger partial charge >= 0.3 is 5.97 Å². The van der Waals surface area contributed by atoms with Gasteiger partial charge in [0.05, 0.1) is 13.5 Å². The Bertz CT molecular complexity index is 242. The Morgan fingerprint density at radius 3 is 2.87 bits per heavy atom. The molecule has 4 atom stereocenters. The second kappa shape index (κ2) is 4.52. The van der Waals surface area contributed by atoms with Crippen molar-refractivity contribution in [1.82, 2.24) is 5.32 Å². The van der Waals surface area contributed by atoms with Gasteiger partial charge in [0.1, 0.15) is 0 Å². The van der Waals surface area contributed by atoms with Gasteiger partial charge in [-0.05, 0) is 31.6 Å². The maximum atomic E-state index is 11.3. The van der Waals surface area contributed by atoms with Crippen LogP contribution in [0.5, 0.6) is 0 Å². The second-order valence-electron chi connectivity index (χ2n) is 4.95. The van der Waals surface area contributed by atoms with Crippen molar-refractivity contribution in [2.75, 3.05) is 7.11 Å². The molecule has 3 nitrogen and oxygen atoms in total. The van der Waals surface area contributed by atoms with Crippen molar-refractivity contribution < 1.29 is 9.53 Å². The Morgan fingerprint density at radius 1 is 1.40 bits per heavy atom. The number of hydrogen-bond donors (Lipinski definition) is 1. The molecule has 1 aliphatic heterocycles. The van der Waals surface area contributed by atoms with Crippen LogP contribution >= 0.6 is 0 Å². The van der Waals surface area contributed by atoms with E-state index in [9.17, 15) is 4.79 Å². The molecule has 0 spiro atoms. The maximum absolute atomic E-state index is 11.3. The summed E-state index contributed by atoms with van der Waals surface area (Å²) in [4.78, 5) is 11.3. The van der Waals surface area contributed by atoms with Gasteiger partial charge < -0.3 is 10.1 Å². The first-order valence-electron chi connectivity index (χ1n) is 6.05. The number of carbonyl (C=O) groups excluding carboxylic acids is 1. The number of fused-ring (bicyclic) bond motifs is 1. The zero-order valence-electron chi connectivity index (χ0n) is 9.66. The van der Waals surface area contributed by atoms with E-state index in [1.54, 1.807) is 0 Å². The fourth-order valence-electron chi connectivity index (χ4n) is 3.31. The van der Waals surface area contributed by atoms with E-state index in [-0.39, 0.29) is 5.97 Å². The Morgan fingerprint density at radius 2 is 2.13 bits per heavy atom. The SMILES string of the molecule is COC(=O)CC1C(C)NC2CCCCC21. The molecule has 0 aromatic rings. The molecule has 0 amide bonds. The summed E-state index contributed by atoms with van der Waals surface area (Å²) >= 11 is 0. The molecule has 0 bridgehead atoms. The lowest BCUT2D eigenvalue weighted by molar-refractivity contribution is -0.142. The van der Waals surface area contributed by atoms with E-state index in [0.29, 0.717) is 30.3 Å². The van der Waals surface area contributed by atoms with Gasteiger partial charge in [-0.15, -0.1) is 0 Å². The predicted octanol–water partition coefficient (Wildman–Crippen LogP) is 1.72. The molecule has 0 radical (unpaired) electrons. The third-order valence-electron chi connectivity index (χ3n) is 4.12. The molecule has 2 rings (SSSR count). The van der Waals surface area contributed by atoms with Gasteiger partial charge in [0.25, 0.3) is 0 Å². The summed E-state index contributed by atoms with van der Waals surface area (Å²) in [5.41, 5.74) is 0. The minimum absolute atomic E-state index is 0.0557. The quantitative estimate of drug-likeness (QED) is 0.707. The van der Waals surface area contributed by atoms with Gasteiger partial charge in [-0.25, -0.2) is 0 Å². The van der Waals surface area contributed by atoms with Gasteiger partial charge in [-0.1, -0.05) is 12.8 Å². The highest BCUT2D eigenvalue weighted by Crippen LogP contribution is 2.39. The highest BCUT2D eigenvalue weighted by molar-refractivity contribution is 5.69. The molecule has 4 unspecified atom stereocenters. The summed E-state index contributed by atoms with van der Waals surface area (Å²) in [5.74, 6) is 1.13. The van der Waals surface area contributed by atoms with E-state index in [0.717, 1.165) is 0 Å². The van der Waals surface area contributed by atoms with Crippen molar-refractivity contribution in [3.8, 4) is 0 Å². The average Bonchev–Trinajstić information content (AvgIpc) is 2.55. The van der Waals surface area contributed by atoms with E-state index >= 15 is 0 Å². The van der Waals surface area contributed by atoms with Crippen LogP contribution in [0.1, 0.15) is 39.0 Å². The van der Waals surface area contributed by atoms with Gasteiger partial charge in [-0.3, -0.25) is 4.79 Å². The van der Waals surface area contributed by atoms with Crippen molar-refractivity contribution in [1.29, 1.82) is 0 Å². The van der Waals surface area contributed by atoms with Crippen LogP contribution in [-0.2, 0) is 9.53 Å². The fourth-order valence-corrected chi connectivity index (χ4v) is 3.31. The number of ether oxygens (including phenoxy) is 1. The molecule has 0 aromatic carbocycles. The van der Waals surface area contributed by atoms with Gasteiger partial charge in [0.15, 0.2) is 0 Å². The van der Waals surface area contributed by atoms with Crippen molar-refractivity contribution in [3.05, 3.63) is 0 Å². The van der Waals surface area contributed by atoms with Crippen molar-refractivity contribution in [3.63, 3.8) is 0 Å². The van der Waals surface area contributed by atoms with Crippen LogP contribution in [0, 0.1) is 11.8 Å². The second-order valence-corrected chi connectivity index (χ2v) is 4.95. The number of rotatable bonds is 2. The first-order valence-corrected chi connectivity index (χ1v) is 6.05. The Balaban J connectivity index is 1.99. The standard InChI is InChI=1S/C12H21NO2/c1-8-10(7-12(14)15-2)9-5-3-4-6-11(9)13-8/h8-11,13H,3-7H2,1-2H3. The number of nitrogens with one attached hydrogen (secondary N) is 1. The normalized spacial score (nSPS) is 39.9. The molecule has 1 aliphatic carbocycles. The first kappa shape index (κ1) is 10.9. The lowest BCUT2D eigenvalue weighted by atomic mass is 9.77. The summed E-state index contributed by atoms with van der Waals surface area (Å²) < 4.78 is 4.77. The van der Waals surface area contributed by atoms with E-state index in [1.165, 1.54) is 32.8 Å². The Hall–Kier alpha value is -0.570. The zero-order chi connectivity index (χ0) is 10.8. The molecule has 1 saturated heterocycles. The zero-order valence-corrected chi connectivity index (χ0v) is 9.66. The smallest absolute Gasteiger partial charge is 0.305 e. The van der Waals surface area contributed by atoms with E-state index < -0.39 is 0 Å². The molecule has 86 valence electrons. The van der Waals surface area contributed by atoms with Crippen LogP contribution in [0.3, 0.4) is 0 Å². The number of esters is 1. The lowest BCUT2D eigenvalue weighted by Gasteiger charge is -2.28. The van der Waals surface area contributed by atoms with Crippen LogP contribution in [-0.4, -0.2) is 25.2 Å². The molecule has 15 heavy (non-hydrogen) atoms. The van der Waals surface area contributed by atoms with Crippen molar-refractivity contribution in [2.24, 2.45) is 11.8 Å². The van der Waals surface area contributed by atoms with E-state index in [2.05, 4.69) is 12.2 Å². The molecule has 2 aliphatic rings. The summed E-state index contributed by atoms with van der Waals surface area (Å²) in [6.07, 6.45) is 5.82. The monoisotopic (exact) mass is 211 g/mol. The van der Waals surface area contributed by atoms with Crippen molar-refractivity contribution in [2.45, 2.75) is 51.1 Å². The largest absolute Gasteiger partial charge is 0.469 e. The van der Waals surface area contributed by atoms with Crippen LogP contribution in [0.4, 0.5) is 0 Å². The first-order chi connectivity index (χ1) is 7.22. The third kappa shape index (κ3) is 2.17. The molecule has 1 heterocycles. The highest BCUT2D eigenvalue weighted by atomic mass is 16.5. The number of methoxy groups -OCH3 is 1. The van der Waals surface area contributed by atoms with E-state index in [4.69, 9.17) is 4.74 Å². The Kier molecular flexibility index (Phi) is 3.29.